The van der Waals surface area contributed by atoms with Crippen molar-refractivity contribution in [2.75, 3.05) is 13.1 Å². The number of sulfonamides is 1. The zero-order valence-corrected chi connectivity index (χ0v) is 17.0. The van der Waals surface area contributed by atoms with Gasteiger partial charge in [0.1, 0.15) is 0 Å². The minimum atomic E-state index is -3.77. The number of fused-ring (bicyclic) bond motifs is 1. The quantitative estimate of drug-likeness (QED) is 0.636. The van der Waals surface area contributed by atoms with E-state index in [1.165, 1.54) is 24.3 Å². The van der Waals surface area contributed by atoms with Crippen LogP contribution in [-0.4, -0.2) is 31.7 Å². The number of carbonyl (C=O) groups excluding carboxylic acids is 1. The topological polar surface area (TPSA) is 66.5 Å². The molecule has 0 atom stereocenters. The Labute approximate surface area is 170 Å². The first-order chi connectivity index (χ1) is 13.4. The van der Waals surface area contributed by atoms with Gasteiger partial charge in [0.15, 0.2) is 0 Å². The number of amides is 1. The van der Waals surface area contributed by atoms with Crippen LogP contribution in [0.1, 0.15) is 12.5 Å². The van der Waals surface area contributed by atoms with Crippen molar-refractivity contribution >= 4 is 38.3 Å². The third kappa shape index (κ3) is 4.52. The maximum atomic E-state index is 12.8. The Morgan fingerprint density at radius 3 is 2.39 bits per heavy atom. The first-order valence-electron chi connectivity index (χ1n) is 8.91. The van der Waals surface area contributed by atoms with Crippen LogP contribution in [0, 0.1) is 0 Å². The number of hydrogen-bond donors (Lipinski definition) is 1. The molecule has 0 fully saturated rings. The van der Waals surface area contributed by atoms with Gasteiger partial charge in [-0.25, -0.2) is 8.42 Å². The maximum absolute atomic E-state index is 12.8. The molecule has 7 heteroatoms. The molecule has 0 unspecified atom stereocenters. The number of hydrogen-bond acceptors (Lipinski definition) is 3. The average Bonchev–Trinajstić information content (AvgIpc) is 2.70. The number of nitrogens with one attached hydrogen (secondary N) is 1. The van der Waals surface area contributed by atoms with Crippen LogP contribution in [-0.2, 0) is 21.4 Å². The highest BCUT2D eigenvalue weighted by molar-refractivity contribution is 7.89. The van der Waals surface area contributed by atoms with Crippen LogP contribution in [0.15, 0.2) is 71.6 Å². The molecule has 0 saturated carbocycles. The zero-order chi connectivity index (χ0) is 20.1. The molecule has 1 N–H and O–H groups in total. The first kappa shape index (κ1) is 20.3. The van der Waals surface area contributed by atoms with E-state index in [0.29, 0.717) is 11.6 Å². The maximum Gasteiger partial charge on any atom is 0.243 e. The Morgan fingerprint density at radius 1 is 1.00 bits per heavy atom. The molecule has 5 nitrogen and oxygen atoms in total. The van der Waals surface area contributed by atoms with E-state index in [-0.39, 0.29) is 23.9 Å². The molecule has 0 aromatic heterocycles. The molecule has 0 aliphatic heterocycles. The SMILES string of the molecule is CCN(CC(=O)NCc1cccc2ccccc12)S(=O)(=O)c1ccc(Cl)cc1. The summed E-state index contributed by atoms with van der Waals surface area (Å²) < 4.78 is 26.7. The number of halogens is 1. The van der Waals surface area contributed by atoms with Gasteiger partial charge in [-0.3, -0.25) is 4.79 Å². The molecule has 3 rings (SSSR count). The fourth-order valence-corrected chi connectivity index (χ4v) is 4.51. The summed E-state index contributed by atoms with van der Waals surface area (Å²) in [5.41, 5.74) is 0.982. The van der Waals surface area contributed by atoms with Gasteiger partial charge in [-0.2, -0.15) is 4.31 Å². The Hall–Kier alpha value is -2.41. The molecule has 3 aromatic rings. The summed E-state index contributed by atoms with van der Waals surface area (Å²) in [5.74, 6) is -0.354. The lowest BCUT2D eigenvalue weighted by molar-refractivity contribution is -0.121. The van der Waals surface area contributed by atoms with Gasteiger partial charge < -0.3 is 5.32 Å². The highest BCUT2D eigenvalue weighted by Gasteiger charge is 2.25. The number of rotatable bonds is 7. The third-order valence-electron chi connectivity index (χ3n) is 4.48. The van der Waals surface area contributed by atoms with E-state index in [1.807, 2.05) is 42.5 Å². The minimum Gasteiger partial charge on any atom is -0.351 e. The molecular formula is C21H21ClN2O3S. The standard InChI is InChI=1S/C21H21ClN2O3S/c1-2-24(28(26,27)19-12-10-18(22)11-13-19)15-21(25)23-14-17-8-5-7-16-6-3-4-9-20(16)17/h3-13H,2,14-15H2,1H3,(H,23,25). The Kier molecular flexibility index (Phi) is 6.34. The smallest absolute Gasteiger partial charge is 0.243 e. The summed E-state index contributed by atoms with van der Waals surface area (Å²) in [6.07, 6.45) is 0. The van der Waals surface area contributed by atoms with E-state index in [0.717, 1.165) is 20.6 Å². The van der Waals surface area contributed by atoms with Crippen LogP contribution in [0.3, 0.4) is 0 Å². The predicted octanol–water partition coefficient (Wildman–Crippen LogP) is 3.82. The predicted molar refractivity (Wildman–Crippen MR) is 112 cm³/mol. The van der Waals surface area contributed by atoms with E-state index >= 15 is 0 Å². The molecule has 0 heterocycles. The summed E-state index contributed by atoms with van der Waals surface area (Å²) in [6.45, 7) is 1.98. The summed E-state index contributed by atoms with van der Waals surface area (Å²) in [5, 5.41) is 5.43. The highest BCUT2D eigenvalue weighted by Crippen LogP contribution is 2.19. The normalized spacial score (nSPS) is 11.7. The molecule has 3 aromatic carbocycles. The van der Waals surface area contributed by atoms with E-state index in [1.54, 1.807) is 6.92 Å². The molecule has 0 spiro atoms. The van der Waals surface area contributed by atoms with Crippen LogP contribution in [0.5, 0.6) is 0 Å². The molecule has 0 aliphatic carbocycles. The molecule has 1 amide bonds. The van der Waals surface area contributed by atoms with Gasteiger partial charge in [0.25, 0.3) is 0 Å². The summed E-state index contributed by atoms with van der Waals surface area (Å²) >= 11 is 5.83. The summed E-state index contributed by atoms with van der Waals surface area (Å²) in [4.78, 5) is 12.5. The van der Waals surface area contributed by atoms with Gasteiger partial charge in [-0.15, -0.1) is 0 Å². The van der Waals surface area contributed by atoms with Gasteiger partial charge in [0.05, 0.1) is 11.4 Å². The Balaban J connectivity index is 1.69. The number of carbonyl (C=O) groups is 1. The second kappa shape index (κ2) is 8.73. The van der Waals surface area contributed by atoms with Gasteiger partial charge in [0, 0.05) is 18.1 Å². The second-order valence-electron chi connectivity index (χ2n) is 6.30. The van der Waals surface area contributed by atoms with Crippen LogP contribution in [0.25, 0.3) is 10.8 Å². The van der Waals surface area contributed by atoms with Crippen LogP contribution < -0.4 is 5.32 Å². The summed E-state index contributed by atoms with van der Waals surface area (Å²) in [6, 6.07) is 19.7. The largest absolute Gasteiger partial charge is 0.351 e. The van der Waals surface area contributed by atoms with E-state index in [9.17, 15) is 13.2 Å². The van der Waals surface area contributed by atoms with Gasteiger partial charge in [0.2, 0.25) is 15.9 Å². The van der Waals surface area contributed by atoms with Crippen molar-refractivity contribution in [1.82, 2.24) is 9.62 Å². The van der Waals surface area contributed by atoms with E-state index in [4.69, 9.17) is 11.6 Å². The number of likely N-dealkylation sites (N-methyl/N-ethyl adjacent to an activating group) is 1. The van der Waals surface area contributed by atoms with E-state index in [2.05, 4.69) is 5.32 Å². The zero-order valence-electron chi connectivity index (χ0n) is 15.4. The van der Waals surface area contributed by atoms with Crippen LogP contribution in [0.4, 0.5) is 0 Å². The molecule has 0 radical (unpaired) electrons. The van der Waals surface area contributed by atoms with Crippen molar-refractivity contribution in [1.29, 1.82) is 0 Å². The molecular weight excluding hydrogens is 396 g/mol. The lowest BCUT2D eigenvalue weighted by atomic mass is 10.0. The third-order valence-corrected chi connectivity index (χ3v) is 6.67. The van der Waals surface area contributed by atoms with Crippen molar-refractivity contribution < 1.29 is 13.2 Å². The number of benzene rings is 3. The Morgan fingerprint density at radius 2 is 1.68 bits per heavy atom. The monoisotopic (exact) mass is 416 g/mol. The first-order valence-corrected chi connectivity index (χ1v) is 10.7. The summed E-state index contributed by atoms with van der Waals surface area (Å²) in [7, 11) is -3.77. The van der Waals surface area contributed by atoms with Crippen molar-refractivity contribution in [3.05, 3.63) is 77.3 Å². The molecule has 146 valence electrons. The lowest BCUT2D eigenvalue weighted by Crippen LogP contribution is -2.40. The van der Waals surface area contributed by atoms with Gasteiger partial charge in [-0.1, -0.05) is 61.0 Å². The fraction of sp³-hybridized carbons (Fsp3) is 0.190. The fourth-order valence-electron chi connectivity index (χ4n) is 2.98. The van der Waals surface area contributed by atoms with Crippen molar-refractivity contribution in [2.24, 2.45) is 0 Å². The second-order valence-corrected chi connectivity index (χ2v) is 8.67. The van der Waals surface area contributed by atoms with Crippen molar-refractivity contribution in [3.63, 3.8) is 0 Å². The average molecular weight is 417 g/mol. The van der Waals surface area contributed by atoms with Crippen molar-refractivity contribution in [2.45, 2.75) is 18.4 Å². The van der Waals surface area contributed by atoms with E-state index < -0.39 is 10.0 Å². The van der Waals surface area contributed by atoms with Gasteiger partial charge >= 0.3 is 0 Å². The molecule has 28 heavy (non-hydrogen) atoms. The minimum absolute atomic E-state index is 0.112. The van der Waals surface area contributed by atoms with Crippen LogP contribution in [0.2, 0.25) is 5.02 Å². The molecule has 0 saturated heterocycles. The van der Waals surface area contributed by atoms with Crippen molar-refractivity contribution in [3.8, 4) is 0 Å². The van der Waals surface area contributed by atoms with Crippen LogP contribution >= 0.6 is 11.6 Å². The van der Waals surface area contributed by atoms with Gasteiger partial charge in [-0.05, 0) is 40.6 Å². The Bertz CT molecular complexity index is 1080. The molecule has 0 bridgehead atoms. The lowest BCUT2D eigenvalue weighted by Gasteiger charge is -2.20. The molecule has 0 aliphatic rings. The number of nitrogens with zero attached hydrogens (tertiary/aromatic N) is 1. The highest BCUT2D eigenvalue weighted by atomic mass is 35.5.